The van der Waals surface area contributed by atoms with Crippen molar-refractivity contribution in [3.05, 3.63) is 65.6 Å². The summed E-state index contributed by atoms with van der Waals surface area (Å²) in [5.74, 6) is -1.36. The van der Waals surface area contributed by atoms with Crippen LogP contribution in [0.5, 0.6) is 0 Å². The first-order valence-electron chi connectivity index (χ1n) is 8.96. The number of rotatable bonds is 5. The molecule has 1 aliphatic heterocycles. The number of imide groups is 1. The van der Waals surface area contributed by atoms with Crippen molar-refractivity contribution in [2.75, 3.05) is 11.4 Å². The fraction of sp³-hybridized carbons (Fsp3) is 0.238. The highest BCUT2D eigenvalue weighted by Gasteiger charge is 2.40. The number of aromatic amines is 1. The van der Waals surface area contributed by atoms with Gasteiger partial charge in [0.05, 0.1) is 18.2 Å². The van der Waals surface area contributed by atoms with E-state index in [1.165, 1.54) is 29.1 Å². The number of aromatic nitrogens is 1. The van der Waals surface area contributed by atoms with E-state index in [0.29, 0.717) is 6.54 Å². The molecule has 4 rings (SSSR count). The normalized spacial score (nSPS) is 17.3. The lowest BCUT2D eigenvalue weighted by Gasteiger charge is -2.16. The van der Waals surface area contributed by atoms with Gasteiger partial charge < -0.3 is 10.3 Å². The molecule has 3 aromatic rings. The Bertz CT molecular complexity index is 1030. The first-order chi connectivity index (χ1) is 13.0. The molecule has 2 amide bonds. The van der Waals surface area contributed by atoms with E-state index in [1.54, 1.807) is 6.07 Å². The third-order valence-electron chi connectivity index (χ3n) is 4.95. The summed E-state index contributed by atoms with van der Waals surface area (Å²) in [6.45, 7) is 2.60. The quantitative estimate of drug-likeness (QED) is 0.683. The third kappa shape index (κ3) is 3.24. The molecule has 5 nitrogen and oxygen atoms in total. The largest absolute Gasteiger partial charge is 0.361 e. The van der Waals surface area contributed by atoms with Crippen molar-refractivity contribution in [2.45, 2.75) is 25.8 Å². The fourth-order valence-electron chi connectivity index (χ4n) is 3.56. The van der Waals surface area contributed by atoms with Gasteiger partial charge in [0.1, 0.15) is 5.82 Å². The van der Waals surface area contributed by atoms with E-state index < -0.39 is 17.8 Å². The fourth-order valence-corrected chi connectivity index (χ4v) is 3.56. The van der Waals surface area contributed by atoms with Crippen LogP contribution in [0.25, 0.3) is 10.9 Å². The molecule has 0 spiro atoms. The Labute approximate surface area is 156 Å². The van der Waals surface area contributed by atoms with Crippen molar-refractivity contribution >= 4 is 28.4 Å². The number of nitrogens with one attached hydrogen (secondary N) is 2. The summed E-state index contributed by atoms with van der Waals surface area (Å²) >= 11 is 0. The molecule has 1 fully saturated rings. The number of hydrogen-bond acceptors (Lipinski definition) is 3. The standard InChI is InChI=1S/C21H20FN3O2/c1-13-6-7-17-15(10-13)14(12-24-17)8-9-23-18-11-20(26)25(21(18)27)19-5-3-2-4-16(19)22/h2-7,10,12,18,23-24H,8-9,11H2,1H3. The van der Waals surface area contributed by atoms with Crippen LogP contribution in [0.15, 0.2) is 48.7 Å². The zero-order valence-corrected chi connectivity index (χ0v) is 15.0. The Morgan fingerprint density at radius 2 is 2.04 bits per heavy atom. The first-order valence-corrected chi connectivity index (χ1v) is 8.96. The van der Waals surface area contributed by atoms with Crippen molar-refractivity contribution in [1.82, 2.24) is 10.3 Å². The molecule has 2 aromatic carbocycles. The van der Waals surface area contributed by atoms with Crippen molar-refractivity contribution in [3.63, 3.8) is 0 Å². The smallest absolute Gasteiger partial charge is 0.251 e. The molecule has 2 N–H and O–H groups in total. The highest BCUT2D eigenvalue weighted by molar-refractivity contribution is 6.22. The lowest BCUT2D eigenvalue weighted by molar-refractivity contribution is -0.121. The molecule has 0 saturated carbocycles. The van der Waals surface area contributed by atoms with Crippen LogP contribution >= 0.6 is 0 Å². The number of para-hydroxylation sites is 1. The number of aryl methyl sites for hydroxylation is 1. The lowest BCUT2D eigenvalue weighted by atomic mass is 10.1. The van der Waals surface area contributed by atoms with Crippen molar-refractivity contribution in [3.8, 4) is 0 Å². The maximum atomic E-state index is 14.0. The topological polar surface area (TPSA) is 65.2 Å². The molecule has 1 atom stereocenters. The molecule has 1 saturated heterocycles. The Kier molecular flexibility index (Phi) is 4.49. The van der Waals surface area contributed by atoms with Gasteiger partial charge in [-0.15, -0.1) is 0 Å². The van der Waals surface area contributed by atoms with Crippen molar-refractivity contribution in [2.24, 2.45) is 0 Å². The zero-order chi connectivity index (χ0) is 19.0. The second-order valence-electron chi connectivity index (χ2n) is 6.84. The van der Waals surface area contributed by atoms with Gasteiger partial charge in [-0.3, -0.25) is 9.59 Å². The van der Waals surface area contributed by atoms with E-state index in [9.17, 15) is 14.0 Å². The molecular weight excluding hydrogens is 345 g/mol. The van der Waals surface area contributed by atoms with Crippen molar-refractivity contribution in [1.29, 1.82) is 0 Å². The number of benzene rings is 2. The average Bonchev–Trinajstić information content (AvgIpc) is 3.16. The second kappa shape index (κ2) is 6.96. The Balaban J connectivity index is 1.43. The molecule has 1 aliphatic rings. The molecule has 6 heteroatoms. The van der Waals surface area contributed by atoms with E-state index >= 15 is 0 Å². The molecule has 1 unspecified atom stereocenters. The van der Waals surface area contributed by atoms with Gasteiger partial charge in [0, 0.05) is 23.6 Å². The van der Waals surface area contributed by atoms with Gasteiger partial charge in [0.25, 0.3) is 5.91 Å². The number of H-pyrrole nitrogens is 1. The molecule has 0 radical (unpaired) electrons. The zero-order valence-electron chi connectivity index (χ0n) is 15.0. The van der Waals surface area contributed by atoms with Gasteiger partial charge in [-0.05, 0) is 43.2 Å². The van der Waals surface area contributed by atoms with E-state index in [-0.39, 0.29) is 18.0 Å². The predicted molar refractivity (Wildman–Crippen MR) is 102 cm³/mol. The Morgan fingerprint density at radius 3 is 2.85 bits per heavy atom. The number of nitrogens with zero attached hydrogens (tertiary/aromatic N) is 1. The van der Waals surface area contributed by atoms with Gasteiger partial charge in [0.15, 0.2) is 0 Å². The molecule has 0 aliphatic carbocycles. The van der Waals surface area contributed by atoms with Crippen LogP contribution in [0.3, 0.4) is 0 Å². The van der Waals surface area contributed by atoms with Crippen LogP contribution in [-0.4, -0.2) is 29.4 Å². The molecule has 2 heterocycles. The van der Waals surface area contributed by atoms with Crippen LogP contribution in [0.2, 0.25) is 0 Å². The minimum Gasteiger partial charge on any atom is -0.361 e. The van der Waals surface area contributed by atoms with E-state index in [0.717, 1.165) is 22.4 Å². The van der Waals surface area contributed by atoms with Gasteiger partial charge in [-0.2, -0.15) is 0 Å². The number of carbonyl (C=O) groups excluding carboxylic acids is 2. The van der Waals surface area contributed by atoms with Crippen molar-refractivity contribution < 1.29 is 14.0 Å². The van der Waals surface area contributed by atoms with Crippen LogP contribution in [0.4, 0.5) is 10.1 Å². The highest BCUT2D eigenvalue weighted by Crippen LogP contribution is 2.25. The van der Waals surface area contributed by atoms with Gasteiger partial charge in [-0.1, -0.05) is 23.8 Å². The maximum Gasteiger partial charge on any atom is 0.251 e. The van der Waals surface area contributed by atoms with Gasteiger partial charge in [-0.25, -0.2) is 9.29 Å². The van der Waals surface area contributed by atoms with Crippen LogP contribution in [0.1, 0.15) is 17.5 Å². The van der Waals surface area contributed by atoms with Crippen LogP contribution in [0, 0.1) is 12.7 Å². The minimum absolute atomic E-state index is 0.0175. The summed E-state index contributed by atoms with van der Waals surface area (Å²) in [5.41, 5.74) is 3.44. The van der Waals surface area contributed by atoms with E-state index in [2.05, 4.69) is 29.4 Å². The number of carbonyl (C=O) groups is 2. The summed E-state index contributed by atoms with van der Waals surface area (Å²) in [7, 11) is 0. The van der Waals surface area contributed by atoms with E-state index in [4.69, 9.17) is 0 Å². The monoisotopic (exact) mass is 365 g/mol. The van der Waals surface area contributed by atoms with Gasteiger partial charge in [0.2, 0.25) is 5.91 Å². The maximum absolute atomic E-state index is 14.0. The molecule has 0 bridgehead atoms. The summed E-state index contributed by atoms with van der Waals surface area (Å²) < 4.78 is 14.0. The van der Waals surface area contributed by atoms with E-state index in [1.807, 2.05) is 12.3 Å². The predicted octanol–water partition coefficient (Wildman–Crippen LogP) is 3.08. The number of halogens is 1. The summed E-state index contributed by atoms with van der Waals surface area (Å²) in [4.78, 5) is 29.0. The Hall–Kier alpha value is -2.99. The molecular formula is C21H20FN3O2. The molecule has 138 valence electrons. The Morgan fingerprint density at radius 1 is 1.22 bits per heavy atom. The summed E-state index contributed by atoms with van der Waals surface area (Å²) in [5, 5.41) is 4.32. The first kappa shape index (κ1) is 17.4. The number of anilines is 1. The highest BCUT2D eigenvalue weighted by atomic mass is 19.1. The molecule has 1 aromatic heterocycles. The summed E-state index contributed by atoms with van der Waals surface area (Å²) in [6.07, 6.45) is 2.74. The lowest BCUT2D eigenvalue weighted by Crippen LogP contribution is -2.39. The summed E-state index contributed by atoms with van der Waals surface area (Å²) in [6, 6.07) is 11.4. The van der Waals surface area contributed by atoms with Crippen LogP contribution < -0.4 is 10.2 Å². The number of hydrogen-bond donors (Lipinski definition) is 2. The SMILES string of the molecule is Cc1ccc2[nH]cc(CCNC3CC(=O)N(c4ccccc4F)C3=O)c2c1. The number of fused-ring (bicyclic) bond motifs is 1. The molecule has 27 heavy (non-hydrogen) atoms. The van der Waals surface area contributed by atoms with Gasteiger partial charge >= 0.3 is 0 Å². The second-order valence-corrected chi connectivity index (χ2v) is 6.84. The number of amides is 2. The third-order valence-corrected chi connectivity index (χ3v) is 4.95. The van der Waals surface area contributed by atoms with Crippen LogP contribution in [-0.2, 0) is 16.0 Å². The average molecular weight is 365 g/mol. The minimum atomic E-state index is -0.621.